The van der Waals surface area contributed by atoms with Crippen LogP contribution in [0.4, 0.5) is 0 Å². The summed E-state index contributed by atoms with van der Waals surface area (Å²) in [4.78, 5) is 10.5. The molecule has 0 fully saturated rings. The van der Waals surface area contributed by atoms with E-state index in [9.17, 15) is 4.79 Å². The molecule has 0 bridgehead atoms. The van der Waals surface area contributed by atoms with Crippen LogP contribution in [0.5, 0.6) is 0 Å². The van der Waals surface area contributed by atoms with E-state index < -0.39 is 0 Å². The smallest absolute Gasteiger partial charge is 0.131 e. The van der Waals surface area contributed by atoms with Crippen LogP contribution in [0.2, 0.25) is 0 Å². The molecule has 1 aliphatic carbocycles. The molecule has 1 heteroatoms. The van der Waals surface area contributed by atoms with Gasteiger partial charge in [-0.15, -0.1) is 0 Å². The summed E-state index contributed by atoms with van der Waals surface area (Å²) < 4.78 is 0. The molecule has 0 saturated heterocycles. The molecule has 2 rings (SSSR count). The lowest BCUT2D eigenvalue weighted by atomic mass is 10.0. The van der Waals surface area contributed by atoms with E-state index >= 15 is 0 Å². The minimum Gasteiger partial charge on any atom is -0.302 e. The molecule has 1 aromatic rings. The van der Waals surface area contributed by atoms with E-state index in [1.165, 1.54) is 5.56 Å². The Labute approximate surface area is 65.4 Å². The lowest BCUT2D eigenvalue weighted by Crippen LogP contribution is -1.92. The van der Waals surface area contributed by atoms with Gasteiger partial charge in [-0.2, -0.15) is 0 Å². The Bertz CT molecular complexity index is 312. The van der Waals surface area contributed by atoms with E-state index in [1.807, 2.05) is 36.4 Å². The first-order valence-electron chi connectivity index (χ1n) is 3.64. The lowest BCUT2D eigenvalue weighted by Gasteiger charge is -2.00. The Balaban J connectivity index is 2.53. The number of hydrogen-bond acceptors (Lipinski definition) is 1. The molecular formula is C10H8O. The van der Waals surface area contributed by atoms with Gasteiger partial charge in [-0.3, -0.25) is 0 Å². The summed E-state index contributed by atoms with van der Waals surface area (Å²) in [6.07, 6.45) is 4.90. The number of allylic oxidation sites excluding steroid dienone is 1. The molecule has 0 aliphatic heterocycles. The summed E-state index contributed by atoms with van der Waals surface area (Å²) in [5.41, 5.74) is 2.30. The zero-order valence-electron chi connectivity index (χ0n) is 6.03. The molecule has 1 aromatic carbocycles. The highest BCUT2D eigenvalue weighted by atomic mass is 16.1. The molecule has 1 nitrogen and oxygen atoms in total. The van der Waals surface area contributed by atoms with Crippen LogP contribution in [-0.4, -0.2) is 6.29 Å². The molecule has 0 heterocycles. The highest BCUT2D eigenvalue weighted by molar-refractivity contribution is 5.76. The first kappa shape index (κ1) is 6.35. The summed E-state index contributed by atoms with van der Waals surface area (Å²) in [5, 5.41) is 0. The number of benzene rings is 1. The Kier molecular flexibility index (Phi) is 1.35. The molecule has 0 N–H and O–H groups in total. The Morgan fingerprint density at radius 3 is 2.91 bits per heavy atom. The van der Waals surface area contributed by atoms with Gasteiger partial charge >= 0.3 is 0 Å². The van der Waals surface area contributed by atoms with E-state index in [2.05, 4.69) is 0 Å². The molecule has 1 aliphatic rings. The van der Waals surface area contributed by atoms with Crippen LogP contribution in [0.15, 0.2) is 30.3 Å². The van der Waals surface area contributed by atoms with Crippen LogP contribution < -0.4 is 0 Å². The van der Waals surface area contributed by atoms with Crippen molar-refractivity contribution in [2.24, 2.45) is 0 Å². The maximum absolute atomic E-state index is 10.5. The van der Waals surface area contributed by atoms with E-state index in [1.54, 1.807) is 0 Å². The van der Waals surface area contributed by atoms with Crippen LogP contribution >= 0.6 is 0 Å². The molecule has 0 amide bonds. The van der Waals surface area contributed by atoms with E-state index in [4.69, 9.17) is 0 Å². The van der Waals surface area contributed by atoms with Crippen molar-refractivity contribution < 1.29 is 4.79 Å². The summed E-state index contributed by atoms with van der Waals surface area (Å²) in [7, 11) is 0. The second kappa shape index (κ2) is 2.35. The minimum absolute atomic E-state index is 0.00815. The maximum Gasteiger partial charge on any atom is 0.131 e. The number of carbonyl (C=O) groups excluding carboxylic acids is 1. The Morgan fingerprint density at radius 2 is 2.09 bits per heavy atom. The van der Waals surface area contributed by atoms with Crippen LogP contribution in [0.1, 0.15) is 17.0 Å². The Hall–Kier alpha value is -1.37. The van der Waals surface area contributed by atoms with Crippen molar-refractivity contribution in [3.8, 4) is 0 Å². The zero-order chi connectivity index (χ0) is 7.68. The highest BCUT2D eigenvalue weighted by Gasteiger charge is 2.14. The van der Waals surface area contributed by atoms with Gasteiger partial charge in [-0.1, -0.05) is 36.4 Å². The van der Waals surface area contributed by atoms with Gasteiger partial charge in [0.15, 0.2) is 0 Å². The van der Waals surface area contributed by atoms with Gasteiger partial charge in [0.05, 0.1) is 5.92 Å². The summed E-state index contributed by atoms with van der Waals surface area (Å²) in [6.45, 7) is 0. The van der Waals surface area contributed by atoms with Crippen LogP contribution in [0, 0.1) is 0 Å². The number of aldehydes is 1. The molecule has 0 saturated carbocycles. The second-order valence-corrected chi connectivity index (χ2v) is 2.65. The third-order valence-corrected chi connectivity index (χ3v) is 1.98. The van der Waals surface area contributed by atoms with Crippen molar-refractivity contribution in [3.05, 3.63) is 41.5 Å². The average Bonchev–Trinajstić information content (AvgIpc) is 2.47. The standard InChI is InChI=1S/C10H8O/c11-7-9-6-5-8-3-1-2-4-10(8)9/h1-7,9H/t9-/m1/s1. The minimum atomic E-state index is -0.00815. The highest BCUT2D eigenvalue weighted by Crippen LogP contribution is 2.27. The summed E-state index contributed by atoms with van der Waals surface area (Å²) >= 11 is 0. The van der Waals surface area contributed by atoms with Crippen molar-refractivity contribution in [2.45, 2.75) is 5.92 Å². The van der Waals surface area contributed by atoms with Crippen molar-refractivity contribution in [3.63, 3.8) is 0 Å². The van der Waals surface area contributed by atoms with Crippen molar-refractivity contribution in [1.82, 2.24) is 0 Å². The van der Waals surface area contributed by atoms with Gasteiger partial charge in [0.1, 0.15) is 6.29 Å². The average molecular weight is 144 g/mol. The molecule has 0 unspecified atom stereocenters. The molecule has 0 radical (unpaired) electrons. The van der Waals surface area contributed by atoms with Crippen molar-refractivity contribution in [1.29, 1.82) is 0 Å². The molecule has 0 aromatic heterocycles. The normalized spacial score (nSPS) is 19.8. The monoisotopic (exact) mass is 144 g/mol. The van der Waals surface area contributed by atoms with Crippen LogP contribution in [0.3, 0.4) is 0 Å². The lowest BCUT2D eigenvalue weighted by molar-refractivity contribution is -0.108. The van der Waals surface area contributed by atoms with E-state index in [0.717, 1.165) is 11.8 Å². The molecule has 54 valence electrons. The van der Waals surface area contributed by atoms with Gasteiger partial charge in [-0.25, -0.2) is 0 Å². The van der Waals surface area contributed by atoms with E-state index in [-0.39, 0.29) is 5.92 Å². The quantitative estimate of drug-likeness (QED) is 0.551. The largest absolute Gasteiger partial charge is 0.302 e. The first-order valence-corrected chi connectivity index (χ1v) is 3.64. The number of hydrogen-bond donors (Lipinski definition) is 0. The van der Waals surface area contributed by atoms with Crippen molar-refractivity contribution in [2.75, 3.05) is 0 Å². The van der Waals surface area contributed by atoms with Crippen molar-refractivity contribution >= 4 is 12.4 Å². The molecule has 1 atom stereocenters. The number of rotatable bonds is 1. The van der Waals surface area contributed by atoms with Gasteiger partial charge in [-0.05, 0) is 11.1 Å². The first-order chi connectivity index (χ1) is 5.42. The maximum atomic E-state index is 10.5. The zero-order valence-corrected chi connectivity index (χ0v) is 6.03. The fraction of sp³-hybridized carbons (Fsp3) is 0.100. The third-order valence-electron chi connectivity index (χ3n) is 1.98. The molecular weight excluding hydrogens is 136 g/mol. The van der Waals surface area contributed by atoms with Gasteiger partial charge in [0.25, 0.3) is 0 Å². The summed E-state index contributed by atoms with van der Waals surface area (Å²) in [6, 6.07) is 7.96. The predicted molar refractivity (Wildman–Crippen MR) is 44.3 cm³/mol. The van der Waals surface area contributed by atoms with Gasteiger partial charge in [0.2, 0.25) is 0 Å². The van der Waals surface area contributed by atoms with Crippen LogP contribution in [0.25, 0.3) is 6.08 Å². The Morgan fingerprint density at radius 1 is 1.27 bits per heavy atom. The fourth-order valence-electron chi connectivity index (χ4n) is 1.40. The summed E-state index contributed by atoms with van der Waals surface area (Å²) in [5.74, 6) is -0.00815. The fourth-order valence-corrected chi connectivity index (χ4v) is 1.40. The topological polar surface area (TPSA) is 17.1 Å². The third kappa shape index (κ3) is 0.891. The SMILES string of the molecule is O=C[C@H]1C=Cc2ccccc21. The van der Waals surface area contributed by atoms with Gasteiger partial charge in [0, 0.05) is 0 Å². The number of fused-ring (bicyclic) bond motifs is 1. The van der Waals surface area contributed by atoms with E-state index in [0.29, 0.717) is 0 Å². The second-order valence-electron chi connectivity index (χ2n) is 2.65. The molecule has 0 spiro atoms. The van der Waals surface area contributed by atoms with Gasteiger partial charge < -0.3 is 4.79 Å². The number of carbonyl (C=O) groups is 1. The van der Waals surface area contributed by atoms with Crippen LogP contribution in [-0.2, 0) is 4.79 Å². The predicted octanol–water partition coefficient (Wildman–Crippen LogP) is 2.00. The molecule has 11 heavy (non-hydrogen) atoms.